The van der Waals surface area contributed by atoms with Gasteiger partial charge in [0, 0.05) is 11.3 Å². The van der Waals surface area contributed by atoms with E-state index in [-0.39, 0.29) is 18.6 Å². The Labute approximate surface area is 149 Å². The summed E-state index contributed by atoms with van der Waals surface area (Å²) in [6.45, 7) is 3.69. The number of ether oxygens (including phenoxy) is 1. The first kappa shape index (κ1) is 17.0. The minimum atomic E-state index is -0.314. The predicted octanol–water partition coefficient (Wildman–Crippen LogP) is 4.02. The van der Waals surface area contributed by atoms with E-state index in [9.17, 15) is 4.79 Å². The van der Waals surface area contributed by atoms with Gasteiger partial charge < -0.3 is 10.1 Å². The van der Waals surface area contributed by atoms with Crippen molar-refractivity contribution < 1.29 is 14.1 Å². The number of hydrogen-bond acceptors (Lipinski definition) is 5. The second-order valence-corrected chi connectivity index (χ2v) is 5.86. The van der Waals surface area contributed by atoms with Gasteiger partial charge >= 0.3 is 6.08 Å². The van der Waals surface area contributed by atoms with Crippen molar-refractivity contribution in [2.24, 2.45) is 0 Å². The van der Waals surface area contributed by atoms with E-state index >= 15 is 0 Å². The van der Waals surface area contributed by atoms with Crippen LogP contribution in [0.1, 0.15) is 11.1 Å². The monoisotopic (exact) mass is 357 g/mol. The Morgan fingerprint density at radius 1 is 1.20 bits per heavy atom. The van der Waals surface area contributed by atoms with Crippen LogP contribution in [0, 0.1) is 13.8 Å². The SMILES string of the molecule is Cc1cccc(NC(=O)COc2nc(-c3ccccc3Cl)no2)c1C. The van der Waals surface area contributed by atoms with Gasteiger partial charge in [0.2, 0.25) is 5.82 Å². The lowest BCUT2D eigenvalue weighted by Gasteiger charge is -2.09. The van der Waals surface area contributed by atoms with Crippen LogP contribution in [0.3, 0.4) is 0 Å². The lowest BCUT2D eigenvalue weighted by atomic mass is 10.1. The highest BCUT2D eigenvalue weighted by Gasteiger charge is 2.14. The van der Waals surface area contributed by atoms with Crippen molar-refractivity contribution in [2.75, 3.05) is 11.9 Å². The molecule has 1 amide bonds. The molecule has 1 heterocycles. The smallest absolute Gasteiger partial charge is 0.418 e. The number of nitrogens with zero attached hydrogens (tertiary/aromatic N) is 2. The molecule has 25 heavy (non-hydrogen) atoms. The minimum Gasteiger partial charge on any atom is -0.439 e. The molecule has 1 N–H and O–H groups in total. The second kappa shape index (κ2) is 7.36. The fraction of sp³-hybridized carbons (Fsp3) is 0.167. The standard InChI is InChI=1S/C18H16ClN3O3/c1-11-6-5-9-15(12(11)2)20-16(23)10-24-18-21-17(22-25-18)13-7-3-4-8-14(13)19/h3-9H,10H2,1-2H3,(H,20,23). The van der Waals surface area contributed by atoms with Crippen LogP contribution >= 0.6 is 11.6 Å². The number of halogens is 1. The fourth-order valence-electron chi connectivity index (χ4n) is 2.22. The van der Waals surface area contributed by atoms with Crippen LogP contribution in [0.2, 0.25) is 5.02 Å². The molecular formula is C18H16ClN3O3. The summed E-state index contributed by atoms with van der Waals surface area (Å²) < 4.78 is 10.3. The van der Waals surface area contributed by atoms with Gasteiger partial charge in [-0.05, 0) is 43.2 Å². The van der Waals surface area contributed by atoms with E-state index in [1.807, 2.05) is 38.1 Å². The third kappa shape index (κ3) is 3.97. The Morgan fingerprint density at radius 3 is 2.80 bits per heavy atom. The summed E-state index contributed by atoms with van der Waals surface area (Å²) in [5, 5.41) is 7.10. The molecule has 0 aliphatic heterocycles. The van der Waals surface area contributed by atoms with E-state index in [1.165, 1.54) is 0 Å². The lowest BCUT2D eigenvalue weighted by Crippen LogP contribution is -2.20. The first-order chi connectivity index (χ1) is 12.0. The van der Waals surface area contributed by atoms with Crippen LogP contribution in [-0.2, 0) is 4.79 Å². The third-order valence-electron chi connectivity index (χ3n) is 3.73. The van der Waals surface area contributed by atoms with Crippen molar-refractivity contribution in [3.05, 3.63) is 58.6 Å². The van der Waals surface area contributed by atoms with Crippen LogP contribution in [-0.4, -0.2) is 22.7 Å². The molecule has 1 aromatic heterocycles. The number of rotatable bonds is 5. The molecule has 3 aromatic rings. The normalized spacial score (nSPS) is 10.5. The summed E-state index contributed by atoms with van der Waals surface area (Å²) in [6, 6.07) is 12.8. The number of hydrogen-bond donors (Lipinski definition) is 1. The van der Waals surface area contributed by atoms with Crippen LogP contribution in [0.5, 0.6) is 6.08 Å². The molecule has 0 radical (unpaired) electrons. The summed E-state index contributed by atoms with van der Waals surface area (Å²) in [6.07, 6.45) is -0.0916. The molecule has 0 fully saturated rings. The van der Waals surface area contributed by atoms with Crippen LogP contribution in [0.4, 0.5) is 5.69 Å². The maximum absolute atomic E-state index is 12.0. The van der Waals surface area contributed by atoms with Gasteiger partial charge in [0.15, 0.2) is 6.61 Å². The van der Waals surface area contributed by atoms with Gasteiger partial charge in [-0.1, -0.05) is 41.0 Å². The molecule has 0 spiro atoms. The topological polar surface area (TPSA) is 77.2 Å². The Hall–Kier alpha value is -2.86. The largest absolute Gasteiger partial charge is 0.439 e. The molecule has 6 nitrogen and oxygen atoms in total. The molecule has 2 aromatic carbocycles. The Morgan fingerprint density at radius 2 is 2.00 bits per heavy atom. The quantitative estimate of drug-likeness (QED) is 0.746. The van der Waals surface area contributed by atoms with Crippen molar-refractivity contribution >= 4 is 23.2 Å². The highest BCUT2D eigenvalue weighted by Crippen LogP contribution is 2.26. The van der Waals surface area contributed by atoms with Gasteiger partial charge in [0.1, 0.15) is 0 Å². The molecule has 0 saturated heterocycles. The molecule has 0 unspecified atom stereocenters. The van der Waals surface area contributed by atoms with E-state index < -0.39 is 0 Å². The molecule has 0 bridgehead atoms. The number of aromatic nitrogens is 2. The molecule has 0 saturated carbocycles. The number of anilines is 1. The first-order valence-electron chi connectivity index (χ1n) is 7.62. The number of carbonyl (C=O) groups excluding carboxylic acids is 1. The van der Waals surface area contributed by atoms with E-state index in [0.29, 0.717) is 16.4 Å². The summed E-state index contributed by atoms with van der Waals surface area (Å²) >= 11 is 6.09. The molecule has 0 atom stereocenters. The van der Waals surface area contributed by atoms with Gasteiger partial charge in [-0.3, -0.25) is 9.32 Å². The van der Waals surface area contributed by atoms with Crippen molar-refractivity contribution in [1.82, 2.24) is 10.1 Å². The number of nitrogens with one attached hydrogen (secondary N) is 1. The van der Waals surface area contributed by atoms with Crippen LogP contribution < -0.4 is 10.1 Å². The molecule has 0 aliphatic rings. The maximum Gasteiger partial charge on any atom is 0.418 e. The molecule has 7 heteroatoms. The van der Waals surface area contributed by atoms with Crippen molar-refractivity contribution in [1.29, 1.82) is 0 Å². The van der Waals surface area contributed by atoms with Crippen LogP contribution in [0.15, 0.2) is 47.0 Å². The minimum absolute atomic E-state index is 0.0916. The van der Waals surface area contributed by atoms with Gasteiger partial charge in [-0.2, -0.15) is 4.98 Å². The number of amides is 1. The zero-order valence-corrected chi connectivity index (χ0v) is 14.5. The molecule has 128 valence electrons. The summed E-state index contributed by atoms with van der Waals surface area (Å²) in [7, 11) is 0. The average molecular weight is 358 g/mol. The van der Waals surface area contributed by atoms with Crippen molar-refractivity contribution in [2.45, 2.75) is 13.8 Å². The average Bonchev–Trinajstić information content (AvgIpc) is 3.06. The maximum atomic E-state index is 12.0. The third-order valence-corrected chi connectivity index (χ3v) is 4.06. The zero-order valence-electron chi connectivity index (χ0n) is 13.7. The summed E-state index contributed by atoms with van der Waals surface area (Å²) in [5.74, 6) is -0.0123. The molecular weight excluding hydrogens is 342 g/mol. The summed E-state index contributed by atoms with van der Waals surface area (Å²) in [5.41, 5.74) is 3.48. The van der Waals surface area contributed by atoms with Crippen molar-refractivity contribution in [3.63, 3.8) is 0 Å². The highest BCUT2D eigenvalue weighted by atomic mass is 35.5. The second-order valence-electron chi connectivity index (χ2n) is 5.45. The molecule has 3 rings (SSSR count). The van der Waals surface area contributed by atoms with E-state index in [2.05, 4.69) is 15.5 Å². The van der Waals surface area contributed by atoms with E-state index in [0.717, 1.165) is 16.8 Å². The Balaban J connectivity index is 1.62. The van der Waals surface area contributed by atoms with Gasteiger partial charge in [-0.25, -0.2) is 0 Å². The zero-order chi connectivity index (χ0) is 17.8. The Kier molecular flexibility index (Phi) is 5.00. The predicted molar refractivity (Wildman–Crippen MR) is 94.8 cm³/mol. The van der Waals surface area contributed by atoms with Gasteiger partial charge in [0.05, 0.1) is 5.02 Å². The number of carbonyl (C=O) groups is 1. The Bertz CT molecular complexity index is 908. The first-order valence-corrected chi connectivity index (χ1v) is 8.00. The van der Waals surface area contributed by atoms with Gasteiger partial charge in [-0.15, -0.1) is 0 Å². The lowest BCUT2D eigenvalue weighted by molar-refractivity contribution is -0.118. The van der Waals surface area contributed by atoms with Crippen LogP contribution in [0.25, 0.3) is 11.4 Å². The van der Waals surface area contributed by atoms with Crippen molar-refractivity contribution in [3.8, 4) is 17.5 Å². The number of aryl methyl sites for hydroxylation is 1. The molecule has 0 aliphatic carbocycles. The number of benzene rings is 2. The summed E-state index contributed by atoms with van der Waals surface area (Å²) in [4.78, 5) is 16.1. The van der Waals surface area contributed by atoms with E-state index in [4.69, 9.17) is 20.9 Å². The van der Waals surface area contributed by atoms with Gasteiger partial charge in [0.25, 0.3) is 5.91 Å². The fourth-order valence-corrected chi connectivity index (χ4v) is 2.44. The highest BCUT2D eigenvalue weighted by molar-refractivity contribution is 6.33. The van der Waals surface area contributed by atoms with E-state index in [1.54, 1.807) is 18.2 Å².